The van der Waals surface area contributed by atoms with E-state index in [4.69, 9.17) is 37.7 Å². The lowest BCUT2D eigenvalue weighted by atomic mass is 10.2. The van der Waals surface area contributed by atoms with Crippen LogP contribution in [0.2, 0.25) is 54.4 Å². The fourth-order valence-electron chi connectivity index (χ4n) is 7.13. The molecule has 0 radical (unpaired) electrons. The number of aromatic amines is 1. The standard InChI is InChI=1S/C16H30BrN3O3Si.C12H21BrN2O3Si.C11H20Br2N2OSi.C10H16BrN3O3.C10H14BrN3O2.C3H2Br2N2/c1-15(2,3)23-14(21)18-13-11-12(17)19-20(13)9-10-22-24(7,8)16(4,5)6;1-12(2,3)19(4,5)18-7-6-15-9(11(16)17)8-10(13)14-15;1-11(2,3)17(4,5)16-7-6-15-10(13)8-9(12)14-15;1-10(2,3)17-9(16)12-8-6-7(11)13-14(8)4-5-15;1-10(2,3)16-9(15)13-4-5-14-8(13)6-7(11)12-14;4-2-1-3(5)7-6-2/h11H,9-10H2,1-8H3,(H,18,21);8H,6-7H2,1-5H3,(H,16,17);8H,6-7H2,1-5H3;6,15H,4-5H2,1-3H3,(H,12,16);6H,4-5H2,1-3H3;1H,(H,6,7). The highest BCUT2D eigenvalue weighted by molar-refractivity contribution is 9.12. The summed E-state index contributed by atoms with van der Waals surface area (Å²) in [6.07, 6.45) is -1.37. The molecule has 38 heteroatoms. The van der Waals surface area contributed by atoms with Crippen molar-refractivity contribution in [2.75, 3.05) is 48.5 Å². The zero-order valence-corrected chi connectivity index (χ0v) is 77.6. The van der Waals surface area contributed by atoms with Gasteiger partial charge < -0.3 is 37.7 Å². The molecule has 0 atom stereocenters. The SMILES string of the molecule is Brc1cc(Br)[nH]n1.CC(C)(C)OC(=O)N1CCn2nc(Br)cc21.CC(C)(C)OC(=O)Nc1cc(Br)nn1CCO.CC(C)(C)OC(=O)Nc1cc(Br)nn1CCO[Si](C)(C)C(C)(C)C.CC(C)(C)[Si](C)(C)OCCn1nc(Br)cc1Br.CC(C)(C)[Si](C)(C)OCCn1nc(Br)cc1C(=O)O. The normalized spacial score (nSPS) is 12.8. The molecule has 566 valence electrons. The number of aromatic nitrogens is 12. The molecule has 0 unspecified atom stereocenters. The molecular weight excluding hydrogens is 1870 g/mol. The van der Waals surface area contributed by atoms with Crippen molar-refractivity contribution < 1.29 is 56.9 Å². The first-order chi connectivity index (χ1) is 45.4. The van der Waals surface area contributed by atoms with E-state index in [9.17, 15) is 19.2 Å². The third kappa shape index (κ3) is 34.0. The van der Waals surface area contributed by atoms with Gasteiger partial charge in [0, 0.05) is 36.4 Å². The molecule has 7 rings (SSSR count). The Balaban J connectivity index is 0.000000417. The van der Waals surface area contributed by atoms with Crippen molar-refractivity contribution in [1.29, 1.82) is 0 Å². The molecule has 7 heterocycles. The lowest BCUT2D eigenvalue weighted by molar-refractivity contribution is 0.0579. The Morgan fingerprint density at radius 3 is 1.20 bits per heavy atom. The number of carboxylic acid groups (broad SMARTS) is 1. The minimum Gasteiger partial charge on any atom is -0.477 e. The van der Waals surface area contributed by atoms with Gasteiger partial charge in [-0.3, -0.25) is 30.0 Å². The van der Waals surface area contributed by atoms with Crippen molar-refractivity contribution in [3.05, 3.63) is 78.9 Å². The first-order valence-electron chi connectivity index (χ1n) is 31.8. The second-order valence-electron chi connectivity index (χ2n) is 30.1. The number of carbonyl (C=O) groups excluding carboxylic acids is 3. The van der Waals surface area contributed by atoms with Gasteiger partial charge >= 0.3 is 24.2 Å². The van der Waals surface area contributed by atoms with Crippen LogP contribution in [-0.2, 0) is 60.2 Å². The predicted molar refractivity (Wildman–Crippen MR) is 428 cm³/mol. The number of hydrogen-bond acceptors (Lipinski definition) is 17. The zero-order valence-electron chi connectivity index (χ0n) is 61.9. The molecular formula is C62H103Br8N15O12Si3. The Kier molecular flexibility index (Phi) is 36.7. The van der Waals surface area contributed by atoms with Crippen LogP contribution in [0.1, 0.15) is 135 Å². The summed E-state index contributed by atoms with van der Waals surface area (Å²) in [5.74, 6) is 0.849. The number of fused-ring (bicyclic) bond motifs is 1. The summed E-state index contributed by atoms with van der Waals surface area (Å²) >= 11 is 26.2. The smallest absolute Gasteiger partial charge is 0.416 e. The third-order valence-corrected chi connectivity index (χ3v) is 32.1. The molecule has 0 saturated heterocycles. The second-order valence-corrected chi connectivity index (χ2v) is 51.0. The van der Waals surface area contributed by atoms with Crippen LogP contribution in [0.5, 0.6) is 0 Å². The molecule has 5 N–H and O–H groups in total. The molecule has 1 aliphatic rings. The van der Waals surface area contributed by atoms with Crippen LogP contribution in [0, 0.1) is 0 Å². The monoisotopic (exact) mass is 1970 g/mol. The number of aliphatic hydroxyl groups is 1. The summed E-state index contributed by atoms with van der Waals surface area (Å²) < 4.78 is 48.3. The number of carboxylic acids is 1. The fourth-order valence-corrected chi connectivity index (χ4v) is 14.0. The van der Waals surface area contributed by atoms with Crippen LogP contribution in [-0.4, -0.2) is 168 Å². The number of hydrogen-bond donors (Lipinski definition) is 5. The van der Waals surface area contributed by atoms with E-state index < -0.39 is 59.9 Å². The van der Waals surface area contributed by atoms with E-state index in [0.717, 1.165) is 35.4 Å². The number of ether oxygens (including phenoxy) is 3. The van der Waals surface area contributed by atoms with Gasteiger partial charge in [-0.1, -0.05) is 62.3 Å². The van der Waals surface area contributed by atoms with Crippen LogP contribution < -0.4 is 15.5 Å². The Bertz CT molecular complexity index is 3560. The van der Waals surface area contributed by atoms with Gasteiger partial charge in [0.2, 0.25) is 0 Å². The van der Waals surface area contributed by atoms with E-state index in [2.05, 4.69) is 275 Å². The topological polar surface area (TPSA) is 309 Å². The van der Waals surface area contributed by atoms with Crippen LogP contribution >= 0.6 is 127 Å². The van der Waals surface area contributed by atoms with Crippen LogP contribution in [0.4, 0.5) is 31.8 Å². The van der Waals surface area contributed by atoms with Gasteiger partial charge in [-0.2, -0.15) is 30.6 Å². The van der Waals surface area contributed by atoms with E-state index in [1.54, 1.807) is 47.2 Å². The molecule has 0 aromatic carbocycles. The summed E-state index contributed by atoms with van der Waals surface area (Å²) in [7, 11) is -5.23. The van der Waals surface area contributed by atoms with E-state index in [0.29, 0.717) is 78.0 Å². The molecule has 0 spiro atoms. The number of nitrogens with one attached hydrogen (secondary N) is 3. The number of amides is 3. The Labute approximate surface area is 659 Å². The molecule has 6 aromatic rings. The Morgan fingerprint density at radius 2 is 0.850 bits per heavy atom. The van der Waals surface area contributed by atoms with Crippen molar-refractivity contribution in [3.8, 4) is 0 Å². The van der Waals surface area contributed by atoms with Crippen molar-refractivity contribution in [2.24, 2.45) is 0 Å². The van der Waals surface area contributed by atoms with Crippen molar-refractivity contribution in [2.45, 2.75) is 229 Å². The highest BCUT2D eigenvalue weighted by atomic mass is 79.9. The average Bonchev–Trinajstić information content (AvgIpc) is 1.59. The maximum atomic E-state index is 11.9. The number of anilines is 3. The van der Waals surface area contributed by atoms with Gasteiger partial charge in [0.25, 0.3) is 0 Å². The van der Waals surface area contributed by atoms with Crippen LogP contribution in [0.15, 0.2) is 73.2 Å². The fraction of sp³-hybridized carbons (Fsp3) is 0.645. The van der Waals surface area contributed by atoms with Crippen LogP contribution in [0.25, 0.3) is 0 Å². The van der Waals surface area contributed by atoms with Crippen molar-refractivity contribution >= 4 is 194 Å². The molecule has 0 bridgehead atoms. The summed E-state index contributed by atoms with van der Waals surface area (Å²) in [5.41, 5.74) is -1.40. The minimum absolute atomic E-state index is 0.0584. The summed E-state index contributed by atoms with van der Waals surface area (Å²) in [4.78, 5) is 48.0. The highest BCUT2D eigenvalue weighted by Crippen LogP contribution is 2.39. The lowest BCUT2D eigenvalue weighted by Crippen LogP contribution is -2.41. The molecule has 100 heavy (non-hydrogen) atoms. The van der Waals surface area contributed by atoms with Gasteiger partial charge in [-0.05, 0) is 244 Å². The maximum Gasteiger partial charge on any atom is 0.416 e. The quantitative estimate of drug-likeness (QED) is 0.0418. The number of H-pyrrole nitrogens is 1. The first kappa shape index (κ1) is 93.0. The predicted octanol–water partition coefficient (Wildman–Crippen LogP) is 19.1. The number of rotatable bonds is 17. The molecule has 1 aliphatic heterocycles. The third-order valence-electron chi connectivity index (χ3n) is 15.1. The number of halogens is 8. The van der Waals surface area contributed by atoms with Crippen molar-refractivity contribution in [3.63, 3.8) is 0 Å². The summed E-state index contributed by atoms with van der Waals surface area (Å²) in [6, 6.07) is 10.5. The van der Waals surface area contributed by atoms with Gasteiger partial charge in [-0.15, -0.1) is 0 Å². The molecule has 0 fully saturated rings. The summed E-state index contributed by atoms with van der Waals surface area (Å²) in [5, 5.41) is 51.2. The maximum absolute atomic E-state index is 11.9. The Hall–Kier alpha value is -3.13. The van der Waals surface area contributed by atoms with E-state index >= 15 is 0 Å². The molecule has 27 nitrogen and oxygen atoms in total. The van der Waals surface area contributed by atoms with Gasteiger partial charge in [-0.25, -0.2) is 33.2 Å². The first-order valence-corrected chi connectivity index (χ1v) is 46.9. The van der Waals surface area contributed by atoms with E-state index in [-0.39, 0.29) is 33.5 Å². The minimum atomic E-state index is -1.80. The van der Waals surface area contributed by atoms with Gasteiger partial charge in [0.15, 0.2) is 25.0 Å². The number of aromatic carboxylic acids is 1. The lowest BCUT2D eigenvalue weighted by Gasteiger charge is -2.36. The van der Waals surface area contributed by atoms with Crippen molar-refractivity contribution in [1.82, 2.24) is 59.1 Å². The number of carbonyl (C=O) groups is 4. The van der Waals surface area contributed by atoms with Gasteiger partial charge in [0.1, 0.15) is 76.8 Å². The molecule has 3 amide bonds. The largest absolute Gasteiger partial charge is 0.477 e. The summed E-state index contributed by atoms with van der Waals surface area (Å²) in [6.45, 7) is 54.7. The molecule has 0 aliphatic carbocycles. The highest BCUT2D eigenvalue weighted by Gasteiger charge is 2.39. The van der Waals surface area contributed by atoms with Crippen LogP contribution in [0.3, 0.4) is 0 Å². The number of aliphatic hydroxyl groups excluding tert-OH is 1. The molecule has 6 aromatic heterocycles. The van der Waals surface area contributed by atoms with E-state index in [1.807, 2.05) is 64.4 Å². The second kappa shape index (κ2) is 39.5. The molecule has 0 saturated carbocycles. The van der Waals surface area contributed by atoms with Gasteiger partial charge in [0.05, 0.1) is 65.7 Å². The zero-order chi connectivity index (χ0) is 77.1. The van der Waals surface area contributed by atoms with E-state index in [1.165, 1.54) is 15.4 Å². The number of nitrogens with zero attached hydrogens (tertiary/aromatic N) is 12. The Morgan fingerprint density at radius 1 is 0.480 bits per heavy atom. The average molecular weight is 1970 g/mol.